The number of pyridine rings is 1. The summed E-state index contributed by atoms with van der Waals surface area (Å²) in [5.74, 6) is 0. The molecule has 0 amide bonds. The summed E-state index contributed by atoms with van der Waals surface area (Å²) in [6.07, 6.45) is 9.45. The predicted octanol–water partition coefficient (Wildman–Crippen LogP) is 2.81. The lowest BCUT2D eigenvalue weighted by Crippen LogP contribution is -1.93. The highest BCUT2D eigenvalue weighted by molar-refractivity contribution is 6.06. The van der Waals surface area contributed by atoms with E-state index in [9.17, 15) is 0 Å². The minimum absolute atomic E-state index is 0.552. The van der Waals surface area contributed by atoms with Crippen LogP contribution >= 0.6 is 0 Å². The van der Waals surface area contributed by atoms with Gasteiger partial charge in [-0.15, -0.1) is 0 Å². The topological polar surface area (TPSA) is 36.7 Å². The van der Waals surface area contributed by atoms with Crippen molar-refractivity contribution in [3.05, 3.63) is 42.2 Å². The van der Waals surface area contributed by atoms with Crippen LogP contribution in [0.25, 0.3) is 0 Å². The number of hydrogen-bond acceptors (Lipinski definition) is 2. The highest BCUT2D eigenvalue weighted by Gasteiger charge is 1.93. The first-order valence-corrected chi connectivity index (χ1v) is 4.50. The molecule has 0 atom stereocenters. The first-order valence-electron chi connectivity index (χ1n) is 4.50. The largest absolute Gasteiger partial charge is 0.300 e. The Labute approximate surface area is 78.8 Å². The number of nitrogens with zero attached hydrogens (tertiary/aromatic N) is 1. The fourth-order valence-electron chi connectivity index (χ4n) is 0.996. The highest BCUT2D eigenvalue weighted by atomic mass is 14.6. The number of nitrogens with one attached hydrogen (secondary N) is 1. The molecule has 0 unspecified atom stereocenters. The molecular formula is C11H14N2. The van der Waals surface area contributed by atoms with Gasteiger partial charge in [0.15, 0.2) is 0 Å². The third-order valence-corrected chi connectivity index (χ3v) is 1.73. The average Bonchev–Trinajstić information content (AvgIpc) is 2.19. The zero-order valence-corrected chi connectivity index (χ0v) is 7.83. The fourth-order valence-corrected chi connectivity index (χ4v) is 0.996. The molecule has 0 radical (unpaired) electrons. The first-order chi connectivity index (χ1) is 6.34. The van der Waals surface area contributed by atoms with Crippen molar-refractivity contribution in [2.75, 3.05) is 0 Å². The number of unbranched alkanes of at least 4 members (excludes halogenated alkanes) is 1. The summed E-state index contributed by atoms with van der Waals surface area (Å²) in [7, 11) is 0. The molecule has 0 bridgehead atoms. The SMILES string of the molecule is CCC/C=C/C(=N)c1ccncc1. The maximum atomic E-state index is 7.69. The Morgan fingerprint density at radius 2 is 2.15 bits per heavy atom. The van der Waals surface area contributed by atoms with E-state index in [1.807, 2.05) is 24.3 Å². The van der Waals surface area contributed by atoms with Crippen molar-refractivity contribution >= 4 is 5.71 Å². The van der Waals surface area contributed by atoms with Gasteiger partial charge in [-0.05, 0) is 24.6 Å². The molecule has 0 aliphatic heterocycles. The summed E-state index contributed by atoms with van der Waals surface area (Å²) < 4.78 is 0. The van der Waals surface area contributed by atoms with E-state index in [0.29, 0.717) is 5.71 Å². The second kappa shape index (κ2) is 5.25. The number of aromatic nitrogens is 1. The van der Waals surface area contributed by atoms with Gasteiger partial charge < -0.3 is 5.41 Å². The number of allylic oxidation sites excluding steroid dienone is 2. The maximum Gasteiger partial charge on any atom is 0.0610 e. The van der Waals surface area contributed by atoms with Gasteiger partial charge in [0.25, 0.3) is 0 Å². The van der Waals surface area contributed by atoms with Crippen molar-refractivity contribution in [1.29, 1.82) is 5.41 Å². The zero-order valence-electron chi connectivity index (χ0n) is 7.83. The van der Waals surface area contributed by atoms with Gasteiger partial charge in [0.1, 0.15) is 0 Å². The summed E-state index contributed by atoms with van der Waals surface area (Å²) >= 11 is 0. The van der Waals surface area contributed by atoms with Crippen LogP contribution in [0.5, 0.6) is 0 Å². The van der Waals surface area contributed by atoms with E-state index < -0.39 is 0 Å². The Bertz CT molecular complexity index is 288. The molecule has 1 aromatic heterocycles. The lowest BCUT2D eigenvalue weighted by Gasteiger charge is -1.96. The molecule has 0 aliphatic carbocycles. The maximum absolute atomic E-state index is 7.69. The molecule has 1 heterocycles. The third kappa shape index (κ3) is 3.20. The van der Waals surface area contributed by atoms with Gasteiger partial charge in [0.2, 0.25) is 0 Å². The van der Waals surface area contributed by atoms with Crippen LogP contribution in [0.2, 0.25) is 0 Å². The first kappa shape index (κ1) is 9.65. The molecule has 1 rings (SSSR count). The van der Waals surface area contributed by atoms with Crippen LogP contribution in [0.1, 0.15) is 25.3 Å². The highest BCUT2D eigenvalue weighted by Crippen LogP contribution is 1.99. The standard InChI is InChI=1S/C11H14N2/c1-2-3-4-5-11(12)10-6-8-13-9-7-10/h4-9,12H,2-3H2,1H3/b5-4+,12-11?. The number of hydrogen-bond donors (Lipinski definition) is 1. The molecule has 1 aromatic rings. The molecule has 68 valence electrons. The molecule has 0 aromatic carbocycles. The van der Waals surface area contributed by atoms with E-state index in [4.69, 9.17) is 5.41 Å². The van der Waals surface area contributed by atoms with Crippen molar-refractivity contribution in [1.82, 2.24) is 4.98 Å². The Kier molecular flexibility index (Phi) is 3.89. The lowest BCUT2D eigenvalue weighted by molar-refractivity contribution is 0.959. The van der Waals surface area contributed by atoms with E-state index in [1.165, 1.54) is 0 Å². The van der Waals surface area contributed by atoms with E-state index in [0.717, 1.165) is 18.4 Å². The quantitative estimate of drug-likeness (QED) is 0.700. The van der Waals surface area contributed by atoms with Gasteiger partial charge in [-0.3, -0.25) is 4.98 Å². The van der Waals surface area contributed by atoms with Gasteiger partial charge in [-0.1, -0.05) is 19.4 Å². The van der Waals surface area contributed by atoms with Crippen LogP contribution < -0.4 is 0 Å². The summed E-state index contributed by atoms with van der Waals surface area (Å²) in [5.41, 5.74) is 1.47. The Morgan fingerprint density at radius 3 is 2.77 bits per heavy atom. The van der Waals surface area contributed by atoms with Crippen molar-refractivity contribution < 1.29 is 0 Å². The average molecular weight is 174 g/mol. The van der Waals surface area contributed by atoms with Crippen LogP contribution in [0.4, 0.5) is 0 Å². The van der Waals surface area contributed by atoms with Gasteiger partial charge in [0, 0.05) is 18.0 Å². The smallest absolute Gasteiger partial charge is 0.0610 e. The molecule has 0 spiro atoms. The summed E-state index contributed by atoms with van der Waals surface area (Å²) in [6, 6.07) is 3.69. The summed E-state index contributed by atoms with van der Waals surface area (Å²) in [6.45, 7) is 2.13. The van der Waals surface area contributed by atoms with Crippen LogP contribution in [-0.4, -0.2) is 10.7 Å². The van der Waals surface area contributed by atoms with Gasteiger partial charge in [0.05, 0.1) is 5.71 Å². The molecule has 0 fully saturated rings. The van der Waals surface area contributed by atoms with E-state index >= 15 is 0 Å². The van der Waals surface area contributed by atoms with Crippen molar-refractivity contribution in [2.45, 2.75) is 19.8 Å². The fraction of sp³-hybridized carbons (Fsp3) is 0.273. The summed E-state index contributed by atoms with van der Waals surface area (Å²) in [5, 5.41) is 7.69. The molecule has 0 saturated carbocycles. The third-order valence-electron chi connectivity index (χ3n) is 1.73. The van der Waals surface area contributed by atoms with Crippen LogP contribution in [-0.2, 0) is 0 Å². The molecule has 2 nitrogen and oxygen atoms in total. The summed E-state index contributed by atoms with van der Waals surface area (Å²) in [4.78, 5) is 3.90. The minimum Gasteiger partial charge on any atom is -0.300 e. The lowest BCUT2D eigenvalue weighted by atomic mass is 10.1. The monoisotopic (exact) mass is 174 g/mol. The second-order valence-corrected chi connectivity index (χ2v) is 2.84. The van der Waals surface area contributed by atoms with E-state index in [2.05, 4.69) is 11.9 Å². The van der Waals surface area contributed by atoms with Crippen LogP contribution in [0.15, 0.2) is 36.7 Å². The Hall–Kier alpha value is -1.44. The van der Waals surface area contributed by atoms with E-state index in [-0.39, 0.29) is 0 Å². The molecule has 0 saturated heterocycles. The van der Waals surface area contributed by atoms with Gasteiger partial charge in [-0.2, -0.15) is 0 Å². The van der Waals surface area contributed by atoms with E-state index in [1.54, 1.807) is 12.4 Å². The van der Waals surface area contributed by atoms with Crippen molar-refractivity contribution in [3.8, 4) is 0 Å². The van der Waals surface area contributed by atoms with Crippen molar-refractivity contribution in [2.24, 2.45) is 0 Å². The van der Waals surface area contributed by atoms with Gasteiger partial charge in [-0.25, -0.2) is 0 Å². The van der Waals surface area contributed by atoms with Crippen LogP contribution in [0.3, 0.4) is 0 Å². The predicted molar refractivity (Wildman–Crippen MR) is 55.1 cm³/mol. The Balaban J connectivity index is 2.59. The van der Waals surface area contributed by atoms with Gasteiger partial charge >= 0.3 is 0 Å². The molecule has 2 heteroatoms. The Morgan fingerprint density at radius 1 is 1.46 bits per heavy atom. The number of rotatable bonds is 4. The molecule has 13 heavy (non-hydrogen) atoms. The minimum atomic E-state index is 0.552. The molecule has 0 aliphatic rings. The molecule has 1 N–H and O–H groups in total. The van der Waals surface area contributed by atoms with Crippen LogP contribution in [0, 0.1) is 5.41 Å². The molecular weight excluding hydrogens is 160 g/mol. The zero-order chi connectivity index (χ0) is 9.52. The second-order valence-electron chi connectivity index (χ2n) is 2.84. The normalized spacial score (nSPS) is 10.5. The van der Waals surface area contributed by atoms with Crippen molar-refractivity contribution in [3.63, 3.8) is 0 Å².